The van der Waals surface area contributed by atoms with E-state index < -0.39 is 10.0 Å². The second kappa shape index (κ2) is 10.8. The number of hydrogen-bond donors (Lipinski definition) is 2. The number of sulfonamides is 1. The molecule has 2 aromatic heterocycles. The molecule has 2 N–H and O–H groups in total. The molecule has 38 heavy (non-hydrogen) atoms. The fourth-order valence-corrected chi connectivity index (χ4v) is 4.42. The van der Waals surface area contributed by atoms with E-state index in [-0.39, 0.29) is 29.1 Å². The van der Waals surface area contributed by atoms with Crippen molar-refractivity contribution in [2.45, 2.75) is 11.6 Å². The van der Waals surface area contributed by atoms with E-state index in [1.54, 1.807) is 50.5 Å². The lowest BCUT2D eigenvalue weighted by molar-refractivity contribution is -0.129. The number of para-hydroxylation sites is 2. The monoisotopic (exact) mass is 541 g/mol. The van der Waals surface area contributed by atoms with Crippen LogP contribution in [0.3, 0.4) is 0 Å². The molecule has 0 saturated carbocycles. The third-order valence-electron chi connectivity index (χ3n) is 5.43. The summed E-state index contributed by atoms with van der Waals surface area (Å²) in [5.41, 5.74) is 1.39. The van der Waals surface area contributed by atoms with Gasteiger partial charge in [0.1, 0.15) is 12.3 Å². The molecule has 0 aliphatic carbocycles. The second-order valence-corrected chi connectivity index (χ2v) is 9.82. The van der Waals surface area contributed by atoms with E-state index in [4.69, 9.17) is 14.2 Å². The van der Waals surface area contributed by atoms with Crippen LogP contribution in [0, 0.1) is 0 Å². The van der Waals surface area contributed by atoms with E-state index >= 15 is 0 Å². The third kappa shape index (κ3) is 5.54. The van der Waals surface area contributed by atoms with Gasteiger partial charge in [0, 0.05) is 32.4 Å². The van der Waals surface area contributed by atoms with Crippen LogP contribution in [0.15, 0.2) is 53.7 Å². The number of carbonyl (C=O) groups excluding carboxylic acids is 1. The van der Waals surface area contributed by atoms with Crippen LogP contribution in [-0.4, -0.2) is 74.4 Å². The van der Waals surface area contributed by atoms with Crippen molar-refractivity contribution in [3.8, 4) is 17.2 Å². The number of fused-ring (bicyclic) bond motifs is 1. The first-order chi connectivity index (χ1) is 18.1. The SMILES string of the molecule is COc1cc(Nc2nc3ccccc3nc2NS(=O)(=O)c2ccn(CC(=O)N(C)C)n2)c(OC)c(OC)c1. The third-order valence-corrected chi connectivity index (χ3v) is 6.66. The van der Waals surface area contributed by atoms with Gasteiger partial charge >= 0.3 is 0 Å². The molecule has 2 aromatic carbocycles. The van der Waals surface area contributed by atoms with Crippen molar-refractivity contribution in [1.82, 2.24) is 24.6 Å². The number of nitrogens with zero attached hydrogens (tertiary/aromatic N) is 5. The number of aromatic nitrogens is 4. The molecule has 0 bridgehead atoms. The van der Waals surface area contributed by atoms with Crippen LogP contribution in [0.2, 0.25) is 0 Å². The Bertz CT molecular complexity index is 1590. The Balaban J connectivity index is 1.75. The molecule has 1 amide bonds. The van der Waals surface area contributed by atoms with E-state index in [0.717, 1.165) is 0 Å². The zero-order valence-corrected chi connectivity index (χ0v) is 22.2. The average Bonchev–Trinajstić information content (AvgIpc) is 3.37. The molecule has 0 spiro atoms. The lowest BCUT2D eigenvalue weighted by Crippen LogP contribution is -2.26. The summed E-state index contributed by atoms with van der Waals surface area (Å²) >= 11 is 0. The molecular weight excluding hydrogens is 514 g/mol. The zero-order valence-electron chi connectivity index (χ0n) is 21.4. The van der Waals surface area contributed by atoms with Gasteiger partial charge < -0.3 is 24.4 Å². The predicted molar refractivity (Wildman–Crippen MR) is 141 cm³/mol. The van der Waals surface area contributed by atoms with E-state index in [1.807, 2.05) is 0 Å². The highest BCUT2D eigenvalue weighted by Crippen LogP contribution is 2.41. The Morgan fingerprint density at radius 1 is 0.974 bits per heavy atom. The van der Waals surface area contributed by atoms with Crippen molar-refractivity contribution in [1.29, 1.82) is 0 Å². The van der Waals surface area contributed by atoms with Gasteiger partial charge in [-0.3, -0.25) is 14.2 Å². The molecule has 2 heterocycles. The largest absolute Gasteiger partial charge is 0.497 e. The maximum Gasteiger partial charge on any atom is 0.282 e. The van der Waals surface area contributed by atoms with Crippen molar-refractivity contribution < 1.29 is 27.4 Å². The Labute approximate surface area is 219 Å². The van der Waals surface area contributed by atoms with Gasteiger partial charge in [-0.25, -0.2) is 9.97 Å². The number of amides is 1. The lowest BCUT2D eigenvalue weighted by Gasteiger charge is -2.17. The van der Waals surface area contributed by atoms with Gasteiger partial charge in [0.05, 0.1) is 38.1 Å². The minimum atomic E-state index is -4.20. The van der Waals surface area contributed by atoms with Gasteiger partial charge in [0.2, 0.25) is 5.91 Å². The fourth-order valence-electron chi connectivity index (χ4n) is 3.47. The molecule has 0 aliphatic heterocycles. The normalized spacial score (nSPS) is 11.2. The summed E-state index contributed by atoms with van der Waals surface area (Å²) in [5, 5.41) is 6.85. The molecule has 0 atom stereocenters. The molecule has 4 aromatic rings. The molecular formula is C24H27N7O6S. The molecule has 0 unspecified atom stereocenters. The number of benzene rings is 2. The van der Waals surface area contributed by atoms with Crippen molar-refractivity contribution in [3.05, 3.63) is 48.7 Å². The van der Waals surface area contributed by atoms with Crippen molar-refractivity contribution in [2.24, 2.45) is 0 Å². The molecule has 14 heteroatoms. The van der Waals surface area contributed by atoms with Crippen molar-refractivity contribution in [3.63, 3.8) is 0 Å². The molecule has 0 saturated heterocycles. The smallest absolute Gasteiger partial charge is 0.282 e. The second-order valence-electron chi connectivity index (χ2n) is 8.19. The minimum Gasteiger partial charge on any atom is -0.497 e. The van der Waals surface area contributed by atoms with Crippen LogP contribution in [0.4, 0.5) is 17.3 Å². The number of likely N-dealkylation sites (N-methyl/N-ethyl adjacent to an activating group) is 1. The Morgan fingerprint density at radius 3 is 2.26 bits per heavy atom. The first-order valence-electron chi connectivity index (χ1n) is 11.3. The molecule has 0 aliphatic rings. The van der Waals surface area contributed by atoms with Crippen molar-refractivity contribution in [2.75, 3.05) is 45.5 Å². The molecule has 13 nitrogen and oxygen atoms in total. The highest BCUT2D eigenvalue weighted by Gasteiger charge is 2.23. The Morgan fingerprint density at radius 2 is 1.66 bits per heavy atom. The molecule has 0 fully saturated rings. The Hall–Kier alpha value is -4.59. The topological polar surface area (TPSA) is 150 Å². The maximum atomic E-state index is 13.3. The van der Waals surface area contributed by atoms with Gasteiger partial charge in [-0.1, -0.05) is 12.1 Å². The highest BCUT2D eigenvalue weighted by molar-refractivity contribution is 7.92. The van der Waals surface area contributed by atoms with Gasteiger partial charge in [-0.2, -0.15) is 13.5 Å². The van der Waals surface area contributed by atoms with E-state index in [2.05, 4.69) is 25.1 Å². The number of anilines is 3. The lowest BCUT2D eigenvalue weighted by atomic mass is 10.2. The summed E-state index contributed by atoms with van der Waals surface area (Å²) in [6.07, 6.45) is 1.41. The quantitative estimate of drug-likeness (QED) is 0.306. The van der Waals surface area contributed by atoms with Gasteiger partial charge in [0.25, 0.3) is 10.0 Å². The summed E-state index contributed by atoms with van der Waals surface area (Å²) in [6, 6.07) is 11.6. The van der Waals surface area contributed by atoms with Crippen LogP contribution in [0.1, 0.15) is 0 Å². The number of methoxy groups -OCH3 is 3. The zero-order chi connectivity index (χ0) is 27.4. The molecule has 0 radical (unpaired) electrons. The summed E-state index contributed by atoms with van der Waals surface area (Å²) in [4.78, 5) is 22.5. The number of ether oxygens (including phenoxy) is 3. The Kier molecular flexibility index (Phi) is 7.52. The van der Waals surface area contributed by atoms with Crippen LogP contribution >= 0.6 is 0 Å². The van der Waals surface area contributed by atoms with Gasteiger partial charge in [0.15, 0.2) is 28.2 Å². The van der Waals surface area contributed by atoms with E-state index in [9.17, 15) is 13.2 Å². The van der Waals surface area contributed by atoms with Gasteiger partial charge in [-0.05, 0) is 18.2 Å². The first-order valence-corrected chi connectivity index (χ1v) is 12.7. The van der Waals surface area contributed by atoms with Crippen molar-refractivity contribution >= 4 is 44.3 Å². The van der Waals surface area contributed by atoms with E-state index in [1.165, 1.54) is 43.2 Å². The van der Waals surface area contributed by atoms with Crippen LogP contribution in [-0.2, 0) is 21.4 Å². The van der Waals surface area contributed by atoms with Crippen LogP contribution in [0.25, 0.3) is 11.0 Å². The number of nitrogens with one attached hydrogen (secondary N) is 2. The predicted octanol–water partition coefficient (Wildman–Crippen LogP) is 2.48. The fraction of sp³-hybridized carbons (Fsp3) is 0.250. The number of hydrogen-bond acceptors (Lipinski definition) is 10. The average molecular weight is 542 g/mol. The summed E-state index contributed by atoms with van der Waals surface area (Å²) in [7, 11) is 3.47. The number of rotatable bonds is 10. The summed E-state index contributed by atoms with van der Waals surface area (Å²) in [5.74, 6) is 0.998. The number of carbonyl (C=O) groups is 1. The first kappa shape index (κ1) is 26.5. The summed E-state index contributed by atoms with van der Waals surface area (Å²) in [6.45, 7) is -0.109. The van der Waals surface area contributed by atoms with Crippen LogP contribution < -0.4 is 24.2 Å². The summed E-state index contributed by atoms with van der Waals surface area (Å²) < 4.78 is 46.5. The minimum absolute atomic E-state index is 0.0774. The molecule has 4 rings (SSSR count). The maximum absolute atomic E-state index is 13.3. The standard InChI is InChI=1S/C24H27N7O6S/c1-30(2)21(32)14-31-11-10-20(28-31)38(33,34)29-24-23(25-16-8-6-7-9-17(16)26-24)27-18-12-15(35-3)13-19(36-4)22(18)37-5/h6-13H,14H2,1-5H3,(H,25,27)(H,26,29). The van der Waals surface area contributed by atoms with Gasteiger partial charge in [-0.15, -0.1) is 0 Å². The van der Waals surface area contributed by atoms with E-state index in [0.29, 0.717) is 34.0 Å². The van der Waals surface area contributed by atoms with Crippen LogP contribution in [0.5, 0.6) is 17.2 Å². The molecule has 200 valence electrons. The highest BCUT2D eigenvalue weighted by atomic mass is 32.2.